The monoisotopic (exact) mass is 557 g/mol. The number of carbonyl (C=O) groups excluding carboxylic acids is 2. The minimum atomic E-state index is -0.933. The van der Waals surface area contributed by atoms with Crippen molar-refractivity contribution in [1.29, 1.82) is 0 Å². The maximum absolute atomic E-state index is 15.1. The fraction of sp³-hybridized carbons (Fsp3) is 0.290. The molecule has 0 radical (unpaired) electrons. The summed E-state index contributed by atoms with van der Waals surface area (Å²) in [5.74, 6) is -0.405. The maximum Gasteiger partial charge on any atom is 0.295 e. The van der Waals surface area contributed by atoms with Crippen LogP contribution in [0.2, 0.25) is 0 Å². The first-order valence-electron chi connectivity index (χ1n) is 13.5. The minimum absolute atomic E-state index is 0.101. The normalized spacial score (nSPS) is 14.5. The van der Waals surface area contributed by atoms with E-state index in [4.69, 9.17) is 9.26 Å². The van der Waals surface area contributed by atoms with Crippen LogP contribution in [0.5, 0.6) is 0 Å². The Bertz CT molecular complexity index is 1480. The summed E-state index contributed by atoms with van der Waals surface area (Å²) in [6.45, 7) is 7.57. The predicted molar refractivity (Wildman–Crippen MR) is 152 cm³/mol. The number of ether oxygens (including phenoxy) is 1. The van der Waals surface area contributed by atoms with Gasteiger partial charge in [0.15, 0.2) is 6.23 Å². The molecule has 5 rings (SSSR count). The molecule has 41 heavy (non-hydrogen) atoms. The molecule has 1 atom stereocenters. The molecule has 1 aliphatic rings. The molecule has 4 aromatic rings. The van der Waals surface area contributed by atoms with Crippen molar-refractivity contribution in [2.24, 2.45) is 0 Å². The van der Waals surface area contributed by atoms with Gasteiger partial charge in [0.2, 0.25) is 11.7 Å². The molecule has 0 spiro atoms. The lowest BCUT2D eigenvalue weighted by Crippen LogP contribution is -2.51. The van der Waals surface area contributed by atoms with Gasteiger partial charge in [0, 0.05) is 43.9 Å². The Morgan fingerprint density at radius 1 is 1.02 bits per heavy atom. The van der Waals surface area contributed by atoms with Crippen LogP contribution < -0.4 is 10.2 Å². The Morgan fingerprint density at radius 3 is 2.37 bits per heavy atom. The molecule has 1 amide bonds. The maximum atomic E-state index is 15.1. The van der Waals surface area contributed by atoms with E-state index in [9.17, 15) is 9.59 Å². The van der Waals surface area contributed by atoms with Crippen LogP contribution in [0.4, 0.5) is 10.1 Å². The summed E-state index contributed by atoms with van der Waals surface area (Å²) in [7, 11) is 0. The Balaban J connectivity index is 1.16. The molecule has 3 aromatic carbocycles. The van der Waals surface area contributed by atoms with Crippen LogP contribution >= 0.6 is 0 Å². The molecule has 1 aromatic heterocycles. The van der Waals surface area contributed by atoms with Crippen molar-refractivity contribution >= 4 is 18.1 Å². The lowest BCUT2D eigenvalue weighted by Gasteiger charge is -2.36. The smallest absolute Gasteiger partial charge is 0.295 e. The zero-order chi connectivity index (χ0) is 28.8. The summed E-state index contributed by atoms with van der Waals surface area (Å²) in [6, 6.07) is 20.5. The Labute approximate surface area is 237 Å². The average molecular weight is 558 g/mol. The first-order chi connectivity index (χ1) is 19.9. The SMILES string of the molecule is Cc1ccc(-c2nc(-c3ccc(CC(NC(=O)CN4CCN(c5ccc(C)cc5)CC4)OC=O)cc3F)no2)cc1. The van der Waals surface area contributed by atoms with Gasteiger partial charge in [-0.15, -0.1) is 0 Å². The standard InChI is InChI=1S/C31H32FN5O4/c1-21-3-8-24(9-4-21)31-34-30(35-41-31)26-12-7-23(17-27(26)32)18-29(40-20-38)33-28(39)19-36-13-15-37(16-14-36)25-10-5-22(2)6-11-25/h3-12,17,20,29H,13-16,18-19H2,1-2H3,(H,33,39). The topological polar surface area (TPSA) is 101 Å². The molecule has 0 saturated carbocycles. The van der Waals surface area contributed by atoms with E-state index in [0.29, 0.717) is 11.5 Å². The van der Waals surface area contributed by atoms with Gasteiger partial charge in [0.1, 0.15) is 5.82 Å². The second-order valence-electron chi connectivity index (χ2n) is 10.2. The summed E-state index contributed by atoms with van der Waals surface area (Å²) in [4.78, 5) is 32.6. The fourth-order valence-electron chi connectivity index (χ4n) is 4.78. The third-order valence-corrected chi connectivity index (χ3v) is 7.10. The number of benzene rings is 3. The van der Waals surface area contributed by atoms with Crippen LogP contribution in [0.15, 0.2) is 71.3 Å². The van der Waals surface area contributed by atoms with Gasteiger partial charge in [-0.1, -0.05) is 46.6 Å². The van der Waals surface area contributed by atoms with E-state index in [1.54, 1.807) is 12.1 Å². The highest BCUT2D eigenvalue weighted by molar-refractivity contribution is 5.78. The van der Waals surface area contributed by atoms with Gasteiger partial charge < -0.3 is 19.5 Å². The fourth-order valence-corrected chi connectivity index (χ4v) is 4.78. The molecule has 0 bridgehead atoms. The molecule has 10 heteroatoms. The van der Waals surface area contributed by atoms with Crippen LogP contribution in [0.1, 0.15) is 16.7 Å². The molecular weight excluding hydrogens is 525 g/mol. The molecule has 2 heterocycles. The average Bonchev–Trinajstić information content (AvgIpc) is 3.44. The molecule has 1 fully saturated rings. The van der Waals surface area contributed by atoms with Crippen molar-refractivity contribution in [3.63, 3.8) is 0 Å². The Hall–Kier alpha value is -4.57. The molecule has 1 N–H and O–H groups in total. The lowest BCUT2D eigenvalue weighted by molar-refractivity contribution is -0.138. The number of aromatic nitrogens is 2. The van der Waals surface area contributed by atoms with E-state index < -0.39 is 12.0 Å². The number of anilines is 1. The van der Waals surface area contributed by atoms with Crippen molar-refractivity contribution in [2.75, 3.05) is 37.6 Å². The number of nitrogens with one attached hydrogen (secondary N) is 1. The van der Waals surface area contributed by atoms with Gasteiger partial charge in [-0.05, 0) is 55.8 Å². The lowest BCUT2D eigenvalue weighted by atomic mass is 10.1. The van der Waals surface area contributed by atoms with Crippen molar-refractivity contribution in [3.05, 3.63) is 89.2 Å². The quantitative estimate of drug-likeness (QED) is 0.229. The summed E-state index contributed by atoms with van der Waals surface area (Å²) in [6.07, 6.45) is -0.832. The third-order valence-electron chi connectivity index (χ3n) is 7.10. The number of amides is 1. The van der Waals surface area contributed by atoms with Gasteiger partial charge in [-0.3, -0.25) is 14.5 Å². The van der Waals surface area contributed by atoms with Crippen molar-refractivity contribution in [1.82, 2.24) is 20.4 Å². The van der Waals surface area contributed by atoms with Crippen molar-refractivity contribution in [3.8, 4) is 22.8 Å². The largest absolute Gasteiger partial charge is 0.444 e. The molecule has 9 nitrogen and oxygen atoms in total. The van der Waals surface area contributed by atoms with E-state index in [1.165, 1.54) is 17.3 Å². The van der Waals surface area contributed by atoms with Crippen molar-refractivity contribution in [2.45, 2.75) is 26.5 Å². The number of halogens is 1. The highest BCUT2D eigenvalue weighted by Gasteiger charge is 2.22. The third kappa shape index (κ3) is 7.15. The molecule has 1 unspecified atom stereocenters. The van der Waals surface area contributed by atoms with E-state index in [2.05, 4.69) is 56.4 Å². The zero-order valence-electron chi connectivity index (χ0n) is 23.0. The van der Waals surface area contributed by atoms with Gasteiger partial charge in [-0.2, -0.15) is 4.98 Å². The van der Waals surface area contributed by atoms with E-state index >= 15 is 4.39 Å². The number of aryl methyl sites for hydroxylation is 2. The first-order valence-corrected chi connectivity index (χ1v) is 13.5. The second-order valence-corrected chi connectivity index (χ2v) is 10.2. The summed E-state index contributed by atoms with van der Waals surface area (Å²) < 4.78 is 25.5. The number of piperazine rings is 1. The van der Waals surface area contributed by atoms with Crippen molar-refractivity contribution < 1.29 is 23.2 Å². The van der Waals surface area contributed by atoms with Crippen LogP contribution in [-0.2, 0) is 20.7 Å². The number of hydrogen-bond donors (Lipinski definition) is 1. The van der Waals surface area contributed by atoms with Crippen LogP contribution in [0.25, 0.3) is 22.8 Å². The molecule has 212 valence electrons. The van der Waals surface area contributed by atoms with Gasteiger partial charge in [-0.25, -0.2) is 4.39 Å². The number of rotatable bonds is 10. The first kappa shape index (κ1) is 28.0. The highest BCUT2D eigenvalue weighted by atomic mass is 19.1. The number of hydrogen-bond acceptors (Lipinski definition) is 8. The molecule has 0 aliphatic carbocycles. The number of carbonyl (C=O) groups is 2. The van der Waals surface area contributed by atoms with E-state index in [0.717, 1.165) is 37.3 Å². The van der Waals surface area contributed by atoms with E-state index in [1.807, 2.05) is 31.2 Å². The van der Waals surface area contributed by atoms with Gasteiger partial charge in [0.25, 0.3) is 12.4 Å². The zero-order valence-corrected chi connectivity index (χ0v) is 23.0. The molecule has 1 aliphatic heterocycles. The highest BCUT2D eigenvalue weighted by Crippen LogP contribution is 2.25. The van der Waals surface area contributed by atoms with Crippen LogP contribution in [0.3, 0.4) is 0 Å². The van der Waals surface area contributed by atoms with Gasteiger partial charge >= 0.3 is 0 Å². The Kier molecular flexibility index (Phi) is 8.69. The second kappa shape index (κ2) is 12.7. The summed E-state index contributed by atoms with van der Waals surface area (Å²) >= 11 is 0. The van der Waals surface area contributed by atoms with Crippen LogP contribution in [-0.4, -0.2) is 66.4 Å². The van der Waals surface area contributed by atoms with E-state index in [-0.39, 0.29) is 36.7 Å². The predicted octanol–water partition coefficient (Wildman–Crippen LogP) is 4.14. The minimum Gasteiger partial charge on any atom is -0.444 e. The molecular formula is C31H32FN5O4. The number of nitrogens with zero attached hydrogens (tertiary/aromatic N) is 4. The summed E-state index contributed by atoms with van der Waals surface area (Å²) in [5, 5.41) is 6.67. The Morgan fingerprint density at radius 2 is 1.71 bits per heavy atom. The van der Waals surface area contributed by atoms with Crippen LogP contribution in [0, 0.1) is 19.7 Å². The van der Waals surface area contributed by atoms with Gasteiger partial charge in [0.05, 0.1) is 12.1 Å². The molecule has 1 saturated heterocycles. The summed E-state index contributed by atoms with van der Waals surface area (Å²) in [5.41, 5.74) is 4.94.